The van der Waals surface area contributed by atoms with Gasteiger partial charge in [0, 0.05) is 0 Å². The van der Waals surface area contributed by atoms with Crippen molar-refractivity contribution in [1.29, 1.82) is 0 Å². The van der Waals surface area contributed by atoms with Crippen molar-refractivity contribution >= 4 is 0 Å². The third-order valence-electron chi connectivity index (χ3n) is 2.72. The van der Waals surface area contributed by atoms with Crippen LogP contribution < -0.4 is 5.73 Å². The van der Waals surface area contributed by atoms with Crippen LogP contribution in [0.2, 0.25) is 0 Å². The van der Waals surface area contributed by atoms with Crippen LogP contribution in [0.15, 0.2) is 12.2 Å². The molecule has 0 aromatic rings. The van der Waals surface area contributed by atoms with Crippen LogP contribution in [0.1, 0.15) is 12.8 Å². The molecule has 0 amide bonds. The van der Waals surface area contributed by atoms with E-state index in [0.29, 0.717) is 0 Å². The molecule has 2 aliphatic carbocycles. The number of hydrogen-bond acceptors (Lipinski definition) is 1. The molecular formula is C8H13N. The topological polar surface area (TPSA) is 26.0 Å². The Balaban J connectivity index is 2.10. The van der Waals surface area contributed by atoms with E-state index >= 15 is 0 Å². The molecular weight excluding hydrogens is 110 g/mol. The van der Waals surface area contributed by atoms with Crippen molar-refractivity contribution in [2.45, 2.75) is 12.8 Å². The van der Waals surface area contributed by atoms with Crippen LogP contribution in [0.25, 0.3) is 0 Å². The first-order valence-corrected chi connectivity index (χ1v) is 3.78. The summed E-state index contributed by atoms with van der Waals surface area (Å²) in [4.78, 5) is 0. The number of fused-ring (bicyclic) bond motifs is 2. The van der Waals surface area contributed by atoms with Crippen molar-refractivity contribution in [2.24, 2.45) is 23.5 Å². The highest BCUT2D eigenvalue weighted by Gasteiger charge is 2.34. The van der Waals surface area contributed by atoms with Crippen molar-refractivity contribution in [1.82, 2.24) is 0 Å². The minimum absolute atomic E-state index is 0.819. The zero-order chi connectivity index (χ0) is 6.27. The predicted octanol–water partition coefficient (Wildman–Crippen LogP) is 1.16. The molecule has 50 valence electrons. The fraction of sp³-hybridized carbons (Fsp3) is 0.750. The molecule has 0 spiro atoms. The molecule has 0 heterocycles. The van der Waals surface area contributed by atoms with Crippen molar-refractivity contribution in [2.75, 3.05) is 6.54 Å². The maximum Gasteiger partial charge on any atom is -0.00430 e. The predicted molar refractivity (Wildman–Crippen MR) is 37.9 cm³/mol. The Bertz CT molecular complexity index is 140. The summed E-state index contributed by atoms with van der Waals surface area (Å²) in [7, 11) is 0. The van der Waals surface area contributed by atoms with Gasteiger partial charge in [-0.2, -0.15) is 0 Å². The van der Waals surface area contributed by atoms with Crippen LogP contribution in [-0.2, 0) is 0 Å². The molecule has 2 bridgehead atoms. The minimum atomic E-state index is 0.819. The molecule has 1 fully saturated rings. The van der Waals surface area contributed by atoms with E-state index < -0.39 is 0 Å². The summed E-state index contributed by atoms with van der Waals surface area (Å²) in [5.41, 5.74) is 5.59. The molecule has 0 saturated heterocycles. The second-order valence-electron chi connectivity index (χ2n) is 3.28. The average Bonchev–Trinajstić information content (AvgIpc) is 2.45. The summed E-state index contributed by atoms with van der Waals surface area (Å²) in [6.07, 6.45) is 7.46. The standard InChI is InChI=1S/C8H13N/c9-5-8-4-6-1-2-7(8)3-6/h1-2,6-8H,3-5,9H2/t6-,7-,8+/m0/s1. The van der Waals surface area contributed by atoms with Crippen LogP contribution in [0.3, 0.4) is 0 Å². The van der Waals surface area contributed by atoms with E-state index in [9.17, 15) is 0 Å². The molecule has 1 saturated carbocycles. The van der Waals surface area contributed by atoms with Crippen LogP contribution >= 0.6 is 0 Å². The first kappa shape index (κ1) is 5.48. The highest BCUT2D eigenvalue weighted by molar-refractivity contribution is 5.10. The quantitative estimate of drug-likeness (QED) is 0.520. The van der Waals surface area contributed by atoms with Gasteiger partial charge < -0.3 is 5.73 Å². The maximum atomic E-state index is 5.59. The summed E-state index contributed by atoms with van der Waals surface area (Å²) >= 11 is 0. The molecule has 2 N–H and O–H groups in total. The van der Waals surface area contributed by atoms with E-state index in [1.54, 1.807) is 0 Å². The van der Waals surface area contributed by atoms with Gasteiger partial charge >= 0.3 is 0 Å². The third-order valence-corrected chi connectivity index (χ3v) is 2.72. The largest absolute Gasteiger partial charge is 0.330 e. The molecule has 2 rings (SSSR count). The summed E-state index contributed by atoms with van der Waals surface area (Å²) in [6, 6.07) is 0. The molecule has 1 heteroatoms. The molecule has 1 nitrogen and oxygen atoms in total. The van der Waals surface area contributed by atoms with Gasteiger partial charge in [-0.3, -0.25) is 0 Å². The zero-order valence-electron chi connectivity index (χ0n) is 5.59. The van der Waals surface area contributed by atoms with Gasteiger partial charge in [0.15, 0.2) is 0 Å². The monoisotopic (exact) mass is 123 g/mol. The Morgan fingerprint density at radius 3 is 2.56 bits per heavy atom. The second kappa shape index (κ2) is 1.84. The molecule has 0 aromatic heterocycles. The Morgan fingerprint density at radius 2 is 2.22 bits per heavy atom. The lowest BCUT2D eigenvalue weighted by molar-refractivity contribution is 0.459. The number of allylic oxidation sites excluding steroid dienone is 2. The summed E-state index contributed by atoms with van der Waals surface area (Å²) < 4.78 is 0. The van der Waals surface area contributed by atoms with Crippen LogP contribution in [0, 0.1) is 17.8 Å². The highest BCUT2D eigenvalue weighted by atomic mass is 14.6. The number of nitrogens with two attached hydrogens (primary N) is 1. The summed E-state index contributed by atoms with van der Waals surface area (Å²) in [6.45, 7) is 0.894. The molecule has 0 radical (unpaired) electrons. The third kappa shape index (κ3) is 0.715. The second-order valence-corrected chi connectivity index (χ2v) is 3.28. The smallest absolute Gasteiger partial charge is 0.00430 e. The maximum absolute atomic E-state index is 5.59. The van der Waals surface area contributed by atoms with Gasteiger partial charge in [-0.15, -0.1) is 0 Å². The fourth-order valence-electron chi connectivity index (χ4n) is 2.17. The van der Waals surface area contributed by atoms with Gasteiger partial charge in [0.25, 0.3) is 0 Å². The average molecular weight is 123 g/mol. The first-order valence-electron chi connectivity index (χ1n) is 3.78. The van der Waals surface area contributed by atoms with Gasteiger partial charge in [0.05, 0.1) is 0 Å². The Hall–Kier alpha value is -0.300. The fourth-order valence-corrected chi connectivity index (χ4v) is 2.17. The first-order chi connectivity index (χ1) is 4.40. The van der Waals surface area contributed by atoms with E-state index in [4.69, 9.17) is 5.73 Å². The van der Waals surface area contributed by atoms with E-state index in [0.717, 1.165) is 24.3 Å². The van der Waals surface area contributed by atoms with Crippen LogP contribution in [-0.4, -0.2) is 6.54 Å². The molecule has 2 aliphatic rings. The van der Waals surface area contributed by atoms with E-state index in [1.807, 2.05) is 0 Å². The lowest BCUT2D eigenvalue weighted by Gasteiger charge is -2.14. The van der Waals surface area contributed by atoms with Gasteiger partial charge in [0.2, 0.25) is 0 Å². The van der Waals surface area contributed by atoms with Crippen LogP contribution in [0.5, 0.6) is 0 Å². The SMILES string of the molecule is NC[C@H]1C[C@H]2C=C[C@H]1C2. The van der Waals surface area contributed by atoms with E-state index in [2.05, 4.69) is 12.2 Å². The molecule has 0 aliphatic heterocycles. The van der Waals surface area contributed by atoms with Gasteiger partial charge in [-0.25, -0.2) is 0 Å². The normalized spacial score (nSPS) is 46.6. The molecule has 9 heavy (non-hydrogen) atoms. The summed E-state index contributed by atoms with van der Waals surface area (Å²) in [5, 5.41) is 0. The van der Waals surface area contributed by atoms with E-state index in [-0.39, 0.29) is 0 Å². The Kier molecular flexibility index (Phi) is 1.12. The lowest BCUT2D eigenvalue weighted by atomic mass is 9.94. The van der Waals surface area contributed by atoms with Crippen molar-refractivity contribution in [3.8, 4) is 0 Å². The van der Waals surface area contributed by atoms with Crippen LogP contribution in [0.4, 0.5) is 0 Å². The zero-order valence-corrected chi connectivity index (χ0v) is 5.59. The molecule has 0 unspecified atom stereocenters. The van der Waals surface area contributed by atoms with Crippen molar-refractivity contribution in [3.63, 3.8) is 0 Å². The summed E-state index contributed by atoms with van der Waals surface area (Å²) in [5.74, 6) is 2.56. The van der Waals surface area contributed by atoms with Gasteiger partial charge in [0.1, 0.15) is 0 Å². The van der Waals surface area contributed by atoms with Gasteiger partial charge in [-0.1, -0.05) is 12.2 Å². The lowest BCUT2D eigenvalue weighted by Crippen LogP contribution is -2.17. The minimum Gasteiger partial charge on any atom is -0.330 e. The number of hydrogen-bond donors (Lipinski definition) is 1. The Morgan fingerprint density at radius 1 is 1.33 bits per heavy atom. The highest BCUT2D eigenvalue weighted by Crippen LogP contribution is 2.42. The van der Waals surface area contributed by atoms with Crippen molar-refractivity contribution < 1.29 is 0 Å². The van der Waals surface area contributed by atoms with Gasteiger partial charge in [-0.05, 0) is 37.1 Å². The number of rotatable bonds is 1. The van der Waals surface area contributed by atoms with Crippen molar-refractivity contribution in [3.05, 3.63) is 12.2 Å². The Labute approximate surface area is 55.9 Å². The molecule has 0 aromatic carbocycles. The molecule has 3 atom stereocenters. The van der Waals surface area contributed by atoms with E-state index in [1.165, 1.54) is 12.8 Å².